The fourth-order valence-electron chi connectivity index (χ4n) is 2.84. The molecule has 2 atom stereocenters. The van der Waals surface area contributed by atoms with Crippen LogP contribution in [-0.2, 0) is 11.2 Å². The van der Waals surface area contributed by atoms with Crippen molar-refractivity contribution >= 4 is 11.2 Å². The van der Waals surface area contributed by atoms with Gasteiger partial charge >= 0.3 is 0 Å². The molecule has 4 heteroatoms. The van der Waals surface area contributed by atoms with Crippen molar-refractivity contribution in [2.45, 2.75) is 31.0 Å². The maximum absolute atomic E-state index is 11.1. The minimum Gasteiger partial charge on any atom is -0.616 e. The zero-order valence-electron chi connectivity index (χ0n) is 10.5. The minimum atomic E-state index is -0.549. The molecule has 98 valence electrons. The Morgan fingerprint density at radius 2 is 1.94 bits per heavy atom. The van der Waals surface area contributed by atoms with Gasteiger partial charge in [-0.15, -0.1) is 0 Å². The van der Waals surface area contributed by atoms with Crippen molar-refractivity contribution in [3.8, 4) is 0 Å². The number of nitrogens with one attached hydrogen (secondary N) is 2. The lowest BCUT2D eigenvalue weighted by atomic mass is 9.93. The molecule has 2 heterocycles. The highest BCUT2D eigenvalue weighted by Gasteiger charge is 2.34. The summed E-state index contributed by atoms with van der Waals surface area (Å²) in [6, 6.07) is 12.2. The summed E-state index contributed by atoms with van der Waals surface area (Å²) < 4.78 is 11.1. The molecule has 1 aromatic rings. The van der Waals surface area contributed by atoms with E-state index in [4.69, 9.17) is 0 Å². The Hall–Kier alpha value is -0.550. The van der Waals surface area contributed by atoms with E-state index >= 15 is 0 Å². The van der Waals surface area contributed by atoms with Gasteiger partial charge in [0.1, 0.15) is 11.5 Å². The molecule has 0 aliphatic carbocycles. The first-order chi connectivity index (χ1) is 8.81. The molecule has 1 aromatic carbocycles. The van der Waals surface area contributed by atoms with E-state index in [1.807, 2.05) is 0 Å². The molecule has 0 bridgehead atoms. The van der Waals surface area contributed by atoms with Crippen LogP contribution >= 0.6 is 0 Å². The summed E-state index contributed by atoms with van der Waals surface area (Å²) >= 11 is -0.549. The molecular weight excluding hydrogens is 244 g/mol. The molecule has 2 aliphatic rings. The Morgan fingerprint density at radius 1 is 1.17 bits per heavy atom. The Kier molecular flexibility index (Phi) is 3.89. The number of hydrogen-bond donors (Lipinski definition) is 2. The molecule has 0 saturated carbocycles. The molecule has 2 aliphatic heterocycles. The second-order valence-corrected chi connectivity index (χ2v) is 6.82. The van der Waals surface area contributed by atoms with E-state index in [9.17, 15) is 4.55 Å². The first-order valence-electron chi connectivity index (χ1n) is 6.70. The van der Waals surface area contributed by atoms with Gasteiger partial charge in [-0.25, -0.2) is 0 Å². The van der Waals surface area contributed by atoms with Crippen molar-refractivity contribution in [1.82, 2.24) is 10.6 Å². The average Bonchev–Trinajstić information content (AvgIpc) is 2.38. The largest absolute Gasteiger partial charge is 0.616 e. The van der Waals surface area contributed by atoms with Crippen molar-refractivity contribution in [2.24, 2.45) is 0 Å². The lowest BCUT2D eigenvalue weighted by Crippen LogP contribution is -2.56. The number of piperidine rings is 1. The number of rotatable bonds is 3. The van der Waals surface area contributed by atoms with Crippen LogP contribution in [0.1, 0.15) is 24.4 Å². The SMILES string of the molecule is [O-][S+]1CC(NC2CCNC(c3ccccc3)C2)C1. The molecule has 3 rings (SSSR count). The van der Waals surface area contributed by atoms with Gasteiger partial charge in [0.2, 0.25) is 0 Å². The summed E-state index contributed by atoms with van der Waals surface area (Å²) in [7, 11) is 0. The summed E-state index contributed by atoms with van der Waals surface area (Å²) in [5.41, 5.74) is 1.38. The van der Waals surface area contributed by atoms with Gasteiger partial charge in [0.25, 0.3) is 0 Å². The van der Waals surface area contributed by atoms with Crippen molar-refractivity contribution in [1.29, 1.82) is 0 Å². The summed E-state index contributed by atoms with van der Waals surface area (Å²) in [6.45, 7) is 1.06. The third kappa shape index (κ3) is 2.88. The van der Waals surface area contributed by atoms with Crippen molar-refractivity contribution in [3.63, 3.8) is 0 Å². The topological polar surface area (TPSA) is 47.1 Å². The molecule has 2 saturated heterocycles. The van der Waals surface area contributed by atoms with Crippen LogP contribution in [0.5, 0.6) is 0 Å². The van der Waals surface area contributed by atoms with Gasteiger partial charge in [0.15, 0.2) is 0 Å². The van der Waals surface area contributed by atoms with E-state index in [0.29, 0.717) is 18.1 Å². The standard InChI is InChI=1S/C14H20N2OS/c17-18-9-13(10-18)16-12-6-7-15-14(8-12)11-4-2-1-3-5-11/h1-5,12-16H,6-10H2. The third-order valence-electron chi connectivity index (χ3n) is 3.85. The predicted octanol–water partition coefficient (Wildman–Crippen LogP) is 1.20. The minimum absolute atomic E-state index is 0.461. The quantitative estimate of drug-likeness (QED) is 0.807. The smallest absolute Gasteiger partial charge is 0.125 e. The van der Waals surface area contributed by atoms with Gasteiger partial charge in [-0.1, -0.05) is 41.5 Å². The maximum Gasteiger partial charge on any atom is 0.125 e. The van der Waals surface area contributed by atoms with Crippen LogP contribution in [0.25, 0.3) is 0 Å². The molecule has 0 aromatic heterocycles. The Balaban J connectivity index is 1.55. The summed E-state index contributed by atoms with van der Waals surface area (Å²) in [4.78, 5) is 0. The normalized spacial score (nSPS) is 36.1. The van der Waals surface area contributed by atoms with Crippen molar-refractivity contribution in [3.05, 3.63) is 35.9 Å². The average molecular weight is 264 g/mol. The van der Waals surface area contributed by atoms with E-state index in [2.05, 4.69) is 41.0 Å². The van der Waals surface area contributed by atoms with Crippen LogP contribution in [0.2, 0.25) is 0 Å². The second kappa shape index (κ2) is 5.61. The highest BCUT2D eigenvalue weighted by atomic mass is 32.2. The fraction of sp³-hybridized carbons (Fsp3) is 0.571. The van der Waals surface area contributed by atoms with Gasteiger partial charge < -0.3 is 15.2 Å². The monoisotopic (exact) mass is 264 g/mol. The first-order valence-corrected chi connectivity index (χ1v) is 8.19. The molecular formula is C14H20N2OS. The Morgan fingerprint density at radius 3 is 2.67 bits per heavy atom. The highest BCUT2D eigenvalue weighted by molar-refractivity contribution is 7.92. The van der Waals surface area contributed by atoms with Crippen LogP contribution in [0, 0.1) is 0 Å². The summed E-state index contributed by atoms with van der Waals surface area (Å²) in [5.74, 6) is 1.69. The predicted molar refractivity (Wildman–Crippen MR) is 75.0 cm³/mol. The van der Waals surface area contributed by atoms with Crippen LogP contribution in [0.3, 0.4) is 0 Å². The number of benzene rings is 1. The van der Waals surface area contributed by atoms with Crippen molar-refractivity contribution in [2.75, 3.05) is 18.1 Å². The van der Waals surface area contributed by atoms with Gasteiger partial charge in [-0.3, -0.25) is 0 Å². The lowest BCUT2D eigenvalue weighted by Gasteiger charge is -2.37. The molecule has 2 fully saturated rings. The fourth-order valence-corrected chi connectivity index (χ4v) is 3.83. The highest BCUT2D eigenvalue weighted by Crippen LogP contribution is 2.24. The van der Waals surface area contributed by atoms with E-state index < -0.39 is 11.2 Å². The summed E-state index contributed by atoms with van der Waals surface area (Å²) in [5, 5.41) is 7.24. The van der Waals surface area contributed by atoms with Crippen LogP contribution < -0.4 is 10.6 Å². The van der Waals surface area contributed by atoms with E-state index in [-0.39, 0.29) is 0 Å². The first kappa shape index (κ1) is 12.5. The molecule has 0 spiro atoms. The molecule has 3 nitrogen and oxygen atoms in total. The van der Waals surface area contributed by atoms with E-state index in [1.165, 1.54) is 12.0 Å². The lowest BCUT2D eigenvalue weighted by molar-refractivity contribution is 0.304. The molecule has 2 unspecified atom stereocenters. The zero-order chi connectivity index (χ0) is 12.4. The summed E-state index contributed by atoms with van der Waals surface area (Å²) in [6.07, 6.45) is 2.31. The van der Waals surface area contributed by atoms with Crippen molar-refractivity contribution < 1.29 is 4.55 Å². The van der Waals surface area contributed by atoms with Gasteiger partial charge in [-0.2, -0.15) is 0 Å². The van der Waals surface area contributed by atoms with Gasteiger partial charge in [0, 0.05) is 12.1 Å². The van der Waals surface area contributed by atoms with E-state index in [0.717, 1.165) is 24.5 Å². The van der Waals surface area contributed by atoms with Crippen LogP contribution in [-0.4, -0.2) is 34.7 Å². The molecule has 0 amide bonds. The number of hydrogen-bond acceptors (Lipinski definition) is 3. The Labute approximate surface area is 112 Å². The van der Waals surface area contributed by atoms with Crippen LogP contribution in [0.15, 0.2) is 30.3 Å². The Bertz CT molecular complexity index is 381. The molecule has 0 radical (unpaired) electrons. The second-order valence-electron chi connectivity index (χ2n) is 5.28. The molecule has 2 N–H and O–H groups in total. The van der Waals surface area contributed by atoms with Crippen LogP contribution in [0.4, 0.5) is 0 Å². The third-order valence-corrected chi connectivity index (χ3v) is 5.40. The zero-order valence-corrected chi connectivity index (χ0v) is 11.3. The van der Waals surface area contributed by atoms with E-state index in [1.54, 1.807) is 0 Å². The molecule has 18 heavy (non-hydrogen) atoms. The van der Waals surface area contributed by atoms with Gasteiger partial charge in [-0.05, 0) is 24.9 Å². The van der Waals surface area contributed by atoms with Gasteiger partial charge in [0.05, 0.1) is 6.04 Å². The maximum atomic E-state index is 11.1.